The van der Waals surface area contributed by atoms with Crippen LogP contribution in [-0.4, -0.2) is 23.7 Å². The molecule has 0 heterocycles. The van der Waals surface area contributed by atoms with Crippen molar-refractivity contribution in [2.75, 3.05) is 6.61 Å². The van der Waals surface area contributed by atoms with Gasteiger partial charge >= 0.3 is 0 Å². The van der Waals surface area contributed by atoms with Gasteiger partial charge in [-0.15, -0.1) is 0 Å². The molecule has 0 saturated heterocycles. The molecule has 1 aromatic rings. The highest BCUT2D eigenvalue weighted by Crippen LogP contribution is 2.37. The van der Waals surface area contributed by atoms with Crippen LogP contribution in [0.3, 0.4) is 0 Å². The fourth-order valence-corrected chi connectivity index (χ4v) is 4.36. The van der Waals surface area contributed by atoms with E-state index in [2.05, 4.69) is 38.3 Å². The minimum atomic E-state index is -0.179. The Labute approximate surface area is 188 Å². The van der Waals surface area contributed by atoms with Crippen molar-refractivity contribution in [1.29, 1.82) is 0 Å². The summed E-state index contributed by atoms with van der Waals surface area (Å²) in [5, 5.41) is 6.57. The van der Waals surface area contributed by atoms with E-state index in [9.17, 15) is 4.79 Å². The normalized spacial score (nSPS) is 19.2. The molecular weight excluding hydrogens is 392 g/mol. The molecule has 0 atom stereocenters. The lowest BCUT2D eigenvalue weighted by atomic mass is 9.71. The summed E-state index contributed by atoms with van der Waals surface area (Å²) in [5.74, 6) is 1.39. The third kappa shape index (κ3) is 8.63. The van der Waals surface area contributed by atoms with Gasteiger partial charge < -0.3 is 10.1 Å². The van der Waals surface area contributed by atoms with Crippen LogP contribution in [0, 0.1) is 11.3 Å². The number of carbonyl (C=O) groups is 1. The Kier molecular flexibility index (Phi) is 10.1. The maximum Gasteiger partial charge on any atom is 0.257 e. The molecule has 0 bridgehead atoms. The molecule has 0 aromatic heterocycles. The number of amides is 1. The molecule has 1 fully saturated rings. The Morgan fingerprint density at radius 2 is 1.67 bits per heavy atom. The first-order valence-electron chi connectivity index (χ1n) is 11.6. The summed E-state index contributed by atoms with van der Waals surface area (Å²) >= 11 is 5.37. The van der Waals surface area contributed by atoms with Gasteiger partial charge in [0.25, 0.3) is 5.91 Å². The lowest BCUT2D eigenvalue weighted by Gasteiger charge is -2.37. The van der Waals surface area contributed by atoms with Crippen molar-refractivity contribution in [2.24, 2.45) is 11.3 Å². The zero-order valence-electron chi connectivity index (χ0n) is 19.3. The average molecular weight is 433 g/mol. The second-order valence-corrected chi connectivity index (χ2v) is 10.0. The monoisotopic (exact) mass is 432 g/mol. The summed E-state index contributed by atoms with van der Waals surface area (Å²) in [6.07, 6.45) is 10.7. The van der Waals surface area contributed by atoms with Gasteiger partial charge in [-0.05, 0) is 79.9 Å². The first kappa shape index (κ1) is 24.6. The zero-order valence-corrected chi connectivity index (χ0v) is 20.1. The third-order valence-electron chi connectivity index (χ3n) is 6.15. The van der Waals surface area contributed by atoms with Gasteiger partial charge in [0.2, 0.25) is 0 Å². The molecule has 168 valence electrons. The summed E-state index contributed by atoms with van der Waals surface area (Å²) in [6.45, 7) is 9.90. The van der Waals surface area contributed by atoms with Crippen molar-refractivity contribution in [3.8, 4) is 5.75 Å². The number of thiocarbonyl (C=S) groups is 1. The predicted molar refractivity (Wildman–Crippen MR) is 129 cm³/mol. The van der Waals surface area contributed by atoms with Gasteiger partial charge in [0.15, 0.2) is 5.11 Å². The molecule has 1 aromatic carbocycles. The third-order valence-corrected chi connectivity index (χ3v) is 6.37. The Balaban J connectivity index is 1.69. The van der Waals surface area contributed by atoms with E-state index in [0.717, 1.165) is 37.5 Å². The summed E-state index contributed by atoms with van der Waals surface area (Å²) in [6, 6.07) is 7.64. The highest BCUT2D eigenvalue weighted by Gasteiger charge is 2.29. The molecular formula is C25H40N2O2S. The molecule has 2 rings (SSSR count). The van der Waals surface area contributed by atoms with E-state index in [1.807, 2.05) is 12.1 Å². The second kappa shape index (κ2) is 12.3. The second-order valence-electron chi connectivity index (χ2n) is 9.63. The lowest BCUT2D eigenvalue weighted by molar-refractivity contribution is 0.0976. The van der Waals surface area contributed by atoms with Crippen LogP contribution in [0.15, 0.2) is 24.3 Å². The number of nitrogens with one attached hydrogen (secondary N) is 2. The molecule has 1 amide bonds. The van der Waals surface area contributed by atoms with Gasteiger partial charge in [-0.25, -0.2) is 0 Å². The molecule has 0 aliphatic heterocycles. The summed E-state index contributed by atoms with van der Waals surface area (Å²) < 4.78 is 5.77. The van der Waals surface area contributed by atoms with E-state index in [0.29, 0.717) is 22.1 Å². The van der Waals surface area contributed by atoms with Crippen LogP contribution >= 0.6 is 12.2 Å². The van der Waals surface area contributed by atoms with E-state index in [-0.39, 0.29) is 5.91 Å². The van der Waals surface area contributed by atoms with Crippen molar-refractivity contribution in [1.82, 2.24) is 10.6 Å². The van der Waals surface area contributed by atoms with Gasteiger partial charge in [-0.2, -0.15) is 0 Å². The topological polar surface area (TPSA) is 50.4 Å². The standard InChI is InChI=1S/C25H40N2O2S/c1-5-6-7-8-9-18-29-22-16-10-19(11-17-22)23(28)27-24(30)26-21-14-12-20(13-15-21)25(2,3)4/h10-11,16-17,20-21H,5-9,12-15,18H2,1-4H3,(H2,26,27,28,30). The average Bonchev–Trinajstić information content (AvgIpc) is 2.70. The number of hydrogen-bond donors (Lipinski definition) is 2. The fourth-order valence-electron chi connectivity index (χ4n) is 4.10. The number of carbonyl (C=O) groups excluding carboxylic acids is 1. The summed E-state index contributed by atoms with van der Waals surface area (Å²) in [4.78, 5) is 12.5. The fraction of sp³-hybridized carbons (Fsp3) is 0.680. The molecule has 30 heavy (non-hydrogen) atoms. The minimum absolute atomic E-state index is 0.179. The van der Waals surface area contributed by atoms with Crippen molar-refractivity contribution in [2.45, 2.75) is 91.5 Å². The van der Waals surface area contributed by atoms with Crippen LogP contribution in [0.1, 0.15) is 95.8 Å². The zero-order chi connectivity index (χ0) is 22.0. The highest BCUT2D eigenvalue weighted by molar-refractivity contribution is 7.80. The summed E-state index contributed by atoms with van der Waals surface area (Å²) in [5.41, 5.74) is 0.954. The number of rotatable bonds is 9. The van der Waals surface area contributed by atoms with Gasteiger partial charge in [0.05, 0.1) is 6.61 Å². The van der Waals surface area contributed by atoms with E-state index >= 15 is 0 Å². The highest BCUT2D eigenvalue weighted by atomic mass is 32.1. The smallest absolute Gasteiger partial charge is 0.257 e. The van der Waals surface area contributed by atoms with E-state index in [1.54, 1.807) is 12.1 Å². The minimum Gasteiger partial charge on any atom is -0.494 e. The number of unbranched alkanes of at least 4 members (excludes halogenated alkanes) is 4. The van der Waals surface area contributed by atoms with Crippen molar-refractivity contribution in [3.05, 3.63) is 29.8 Å². The van der Waals surface area contributed by atoms with Gasteiger partial charge in [0, 0.05) is 11.6 Å². The van der Waals surface area contributed by atoms with Gasteiger partial charge in [0.1, 0.15) is 5.75 Å². The number of benzene rings is 1. The van der Waals surface area contributed by atoms with Gasteiger partial charge in [-0.1, -0.05) is 53.4 Å². The Hall–Kier alpha value is -1.62. The van der Waals surface area contributed by atoms with Crippen LogP contribution in [0.2, 0.25) is 0 Å². The van der Waals surface area contributed by atoms with Crippen LogP contribution < -0.4 is 15.4 Å². The molecule has 1 aliphatic carbocycles. The Morgan fingerprint density at radius 1 is 1.03 bits per heavy atom. The predicted octanol–water partition coefficient (Wildman–Crippen LogP) is 6.25. The first-order chi connectivity index (χ1) is 14.3. The quantitative estimate of drug-likeness (QED) is 0.358. The van der Waals surface area contributed by atoms with E-state index < -0.39 is 0 Å². The number of hydrogen-bond acceptors (Lipinski definition) is 3. The van der Waals surface area contributed by atoms with Crippen LogP contribution in [0.4, 0.5) is 0 Å². The van der Waals surface area contributed by atoms with Gasteiger partial charge in [-0.3, -0.25) is 10.1 Å². The lowest BCUT2D eigenvalue weighted by Crippen LogP contribution is -2.46. The SMILES string of the molecule is CCCCCCCOc1ccc(C(=O)NC(=S)NC2CCC(C(C)(C)C)CC2)cc1. The van der Waals surface area contributed by atoms with Crippen LogP contribution in [0.5, 0.6) is 5.75 Å². The first-order valence-corrected chi connectivity index (χ1v) is 12.0. The van der Waals surface area contributed by atoms with Crippen LogP contribution in [0.25, 0.3) is 0 Å². The van der Waals surface area contributed by atoms with Crippen molar-refractivity contribution in [3.63, 3.8) is 0 Å². The molecule has 4 nitrogen and oxygen atoms in total. The Morgan fingerprint density at radius 3 is 2.27 bits per heavy atom. The molecule has 0 unspecified atom stereocenters. The maximum absolute atomic E-state index is 12.5. The molecule has 5 heteroatoms. The molecule has 1 saturated carbocycles. The molecule has 1 aliphatic rings. The molecule has 0 spiro atoms. The largest absolute Gasteiger partial charge is 0.494 e. The number of ether oxygens (including phenoxy) is 1. The summed E-state index contributed by atoms with van der Waals surface area (Å²) in [7, 11) is 0. The van der Waals surface area contributed by atoms with E-state index in [4.69, 9.17) is 17.0 Å². The van der Waals surface area contributed by atoms with E-state index in [1.165, 1.54) is 38.5 Å². The maximum atomic E-state index is 12.5. The van der Waals surface area contributed by atoms with Crippen molar-refractivity contribution < 1.29 is 9.53 Å². The molecule has 2 N–H and O–H groups in total. The molecule has 0 radical (unpaired) electrons. The Bertz CT molecular complexity index is 659. The van der Waals surface area contributed by atoms with Crippen LogP contribution in [-0.2, 0) is 0 Å². The van der Waals surface area contributed by atoms with Crippen molar-refractivity contribution >= 4 is 23.2 Å².